The zero-order valence-electron chi connectivity index (χ0n) is 15.4. The van der Waals surface area contributed by atoms with Gasteiger partial charge in [-0.2, -0.15) is 5.10 Å². The number of rotatable bonds is 6. The van der Waals surface area contributed by atoms with Crippen LogP contribution in [0.4, 0.5) is 0 Å². The fourth-order valence-corrected chi connectivity index (χ4v) is 5.14. The van der Waals surface area contributed by atoms with Crippen LogP contribution in [0.1, 0.15) is 33.1 Å². The normalized spacial score (nSPS) is 21.8. The van der Waals surface area contributed by atoms with E-state index in [4.69, 9.17) is 4.74 Å². The van der Waals surface area contributed by atoms with E-state index in [9.17, 15) is 4.79 Å². The van der Waals surface area contributed by atoms with Gasteiger partial charge in [-0.1, -0.05) is 0 Å². The Morgan fingerprint density at radius 1 is 1.42 bits per heavy atom. The van der Waals surface area contributed by atoms with Crippen LogP contribution in [0, 0.1) is 12.8 Å². The van der Waals surface area contributed by atoms with Crippen LogP contribution in [0.5, 0.6) is 0 Å². The first-order valence-electron chi connectivity index (χ1n) is 9.23. The van der Waals surface area contributed by atoms with Crippen molar-refractivity contribution in [3.63, 3.8) is 0 Å². The molecule has 4 rings (SSSR count). The Hall–Kier alpha value is -1.70. The zero-order chi connectivity index (χ0) is 18.1. The van der Waals surface area contributed by atoms with Gasteiger partial charge in [0.2, 0.25) is 0 Å². The van der Waals surface area contributed by atoms with Gasteiger partial charge < -0.3 is 10.1 Å². The number of aryl methyl sites for hydroxylation is 2. The van der Waals surface area contributed by atoms with Gasteiger partial charge in [-0.25, -0.2) is 0 Å². The maximum Gasteiger partial charge on any atom is 0.269 e. The van der Waals surface area contributed by atoms with Crippen LogP contribution in [0.25, 0.3) is 0 Å². The van der Waals surface area contributed by atoms with Gasteiger partial charge in [0.05, 0.1) is 5.60 Å². The number of aromatic nitrogens is 2. The quantitative estimate of drug-likeness (QED) is 0.842. The lowest BCUT2D eigenvalue weighted by atomic mass is 9.79. The molecule has 0 bridgehead atoms. The number of carbonyl (C=O) groups is 1. The summed E-state index contributed by atoms with van der Waals surface area (Å²) < 4.78 is 7.75. The summed E-state index contributed by atoms with van der Waals surface area (Å²) >= 11 is 1.88. The second kappa shape index (κ2) is 7.13. The number of nitrogens with one attached hydrogen (secondary N) is 1. The molecule has 7 heteroatoms. The van der Waals surface area contributed by atoms with E-state index in [-0.39, 0.29) is 11.5 Å². The lowest BCUT2D eigenvalue weighted by molar-refractivity contribution is -0.136. The Kier molecular flexibility index (Phi) is 4.86. The summed E-state index contributed by atoms with van der Waals surface area (Å²) in [5, 5.41) is 7.07. The molecule has 0 unspecified atom stereocenters. The van der Waals surface area contributed by atoms with Crippen molar-refractivity contribution in [3.05, 3.63) is 39.8 Å². The predicted octanol–water partition coefficient (Wildman–Crippen LogP) is 2.20. The van der Waals surface area contributed by atoms with E-state index >= 15 is 0 Å². The summed E-state index contributed by atoms with van der Waals surface area (Å²) in [6, 6.07) is 6.16. The molecule has 6 nitrogen and oxygen atoms in total. The molecule has 0 aliphatic carbocycles. The Morgan fingerprint density at radius 2 is 2.27 bits per heavy atom. The van der Waals surface area contributed by atoms with E-state index < -0.39 is 0 Å². The van der Waals surface area contributed by atoms with E-state index in [1.807, 2.05) is 11.3 Å². The van der Waals surface area contributed by atoms with Crippen molar-refractivity contribution in [2.24, 2.45) is 13.0 Å². The molecule has 0 aromatic carbocycles. The number of thiophene rings is 1. The third kappa shape index (κ3) is 3.43. The summed E-state index contributed by atoms with van der Waals surface area (Å²) in [6.45, 7) is 6.71. The topological polar surface area (TPSA) is 59.4 Å². The van der Waals surface area contributed by atoms with E-state index in [0.717, 1.165) is 39.1 Å². The largest absolute Gasteiger partial charge is 0.372 e. The van der Waals surface area contributed by atoms with Crippen molar-refractivity contribution in [2.75, 3.05) is 26.2 Å². The minimum Gasteiger partial charge on any atom is -0.372 e. The standard InChI is InChI=1S/C19H26N4O2S/c1-14-3-4-16(26-14)11-23-12-19(13-23)15(7-10-25-19)5-8-20-18(24)17-6-9-21-22(17)2/h3-4,6,9,15H,5,7-8,10-13H2,1-2H3,(H,20,24)/t15-/m1/s1. The molecule has 0 saturated carbocycles. The maximum absolute atomic E-state index is 12.2. The van der Waals surface area contributed by atoms with Crippen LogP contribution in [0.3, 0.4) is 0 Å². The Bertz CT molecular complexity index is 778. The van der Waals surface area contributed by atoms with Gasteiger partial charge in [0.25, 0.3) is 5.91 Å². The molecule has 1 spiro atoms. The molecular formula is C19H26N4O2S. The molecule has 140 valence electrons. The highest BCUT2D eigenvalue weighted by molar-refractivity contribution is 7.11. The average Bonchev–Trinajstić information content (AvgIpc) is 3.28. The van der Waals surface area contributed by atoms with Crippen molar-refractivity contribution in [1.29, 1.82) is 0 Å². The van der Waals surface area contributed by atoms with E-state index in [0.29, 0.717) is 18.2 Å². The second-order valence-corrected chi connectivity index (χ2v) is 8.81. The van der Waals surface area contributed by atoms with Crippen molar-refractivity contribution in [2.45, 2.75) is 31.9 Å². The summed E-state index contributed by atoms with van der Waals surface area (Å²) in [5.74, 6) is 0.469. The summed E-state index contributed by atoms with van der Waals surface area (Å²) in [4.78, 5) is 17.5. The highest BCUT2D eigenvalue weighted by atomic mass is 32.1. The molecule has 2 saturated heterocycles. The highest BCUT2D eigenvalue weighted by Gasteiger charge is 2.52. The van der Waals surface area contributed by atoms with Crippen LogP contribution in [-0.2, 0) is 18.3 Å². The highest BCUT2D eigenvalue weighted by Crippen LogP contribution is 2.42. The van der Waals surface area contributed by atoms with Crippen LogP contribution >= 0.6 is 11.3 Å². The van der Waals surface area contributed by atoms with Crippen LogP contribution in [-0.4, -0.2) is 52.4 Å². The molecule has 1 atom stereocenters. The van der Waals surface area contributed by atoms with Crippen molar-refractivity contribution < 1.29 is 9.53 Å². The van der Waals surface area contributed by atoms with Gasteiger partial charge in [0, 0.05) is 55.8 Å². The summed E-state index contributed by atoms with van der Waals surface area (Å²) in [7, 11) is 1.78. The molecule has 26 heavy (non-hydrogen) atoms. The van der Waals surface area contributed by atoms with Crippen molar-refractivity contribution in [3.8, 4) is 0 Å². The van der Waals surface area contributed by atoms with E-state index in [1.165, 1.54) is 9.75 Å². The summed E-state index contributed by atoms with van der Waals surface area (Å²) in [5.41, 5.74) is 0.604. The van der Waals surface area contributed by atoms with Crippen molar-refractivity contribution >= 4 is 17.2 Å². The van der Waals surface area contributed by atoms with Gasteiger partial charge in [0.15, 0.2) is 0 Å². The predicted molar refractivity (Wildman–Crippen MR) is 101 cm³/mol. The summed E-state index contributed by atoms with van der Waals surface area (Å²) in [6.07, 6.45) is 3.70. The Balaban J connectivity index is 1.25. The van der Waals surface area contributed by atoms with Gasteiger partial charge in [0.1, 0.15) is 5.69 Å². The van der Waals surface area contributed by atoms with Crippen LogP contribution < -0.4 is 5.32 Å². The monoisotopic (exact) mass is 374 g/mol. The minimum absolute atomic E-state index is 0.00353. The van der Waals surface area contributed by atoms with E-state index in [1.54, 1.807) is 24.0 Å². The van der Waals surface area contributed by atoms with Crippen LogP contribution in [0.2, 0.25) is 0 Å². The minimum atomic E-state index is -0.0544. The fourth-order valence-electron chi connectivity index (χ4n) is 4.20. The van der Waals surface area contributed by atoms with Gasteiger partial charge in [-0.05, 0) is 43.9 Å². The lowest BCUT2D eigenvalue weighted by Crippen LogP contribution is -2.64. The first kappa shape index (κ1) is 17.7. The SMILES string of the molecule is Cc1ccc(CN2CC3(C2)OCC[C@H]3CCNC(=O)c2ccnn2C)s1. The number of ether oxygens (including phenoxy) is 1. The maximum atomic E-state index is 12.2. The Labute approximate surface area is 158 Å². The number of hydrogen-bond donors (Lipinski definition) is 1. The molecule has 2 fully saturated rings. The lowest BCUT2D eigenvalue weighted by Gasteiger charge is -2.50. The molecule has 2 aromatic rings. The Morgan fingerprint density at radius 3 is 2.96 bits per heavy atom. The third-order valence-electron chi connectivity index (χ3n) is 5.59. The van der Waals surface area contributed by atoms with Gasteiger partial charge >= 0.3 is 0 Å². The fraction of sp³-hybridized carbons (Fsp3) is 0.579. The molecule has 1 N–H and O–H groups in total. The average molecular weight is 375 g/mol. The smallest absolute Gasteiger partial charge is 0.269 e. The zero-order valence-corrected chi connectivity index (χ0v) is 16.2. The number of carbonyl (C=O) groups excluding carboxylic acids is 1. The second-order valence-electron chi connectivity index (χ2n) is 7.44. The molecule has 2 aliphatic heterocycles. The number of likely N-dealkylation sites (tertiary alicyclic amines) is 1. The molecule has 4 heterocycles. The van der Waals surface area contributed by atoms with Gasteiger partial charge in [-0.3, -0.25) is 14.4 Å². The van der Waals surface area contributed by atoms with Gasteiger partial charge in [-0.15, -0.1) is 11.3 Å². The van der Waals surface area contributed by atoms with Crippen LogP contribution in [0.15, 0.2) is 24.4 Å². The molecule has 2 aliphatic rings. The molecule has 1 amide bonds. The molecule has 0 radical (unpaired) electrons. The number of nitrogens with zero attached hydrogens (tertiary/aromatic N) is 3. The first-order valence-corrected chi connectivity index (χ1v) is 10.1. The number of hydrogen-bond acceptors (Lipinski definition) is 5. The number of amides is 1. The third-order valence-corrected chi connectivity index (χ3v) is 6.58. The van der Waals surface area contributed by atoms with Crippen molar-refractivity contribution in [1.82, 2.24) is 20.0 Å². The first-order chi connectivity index (χ1) is 12.6. The van der Waals surface area contributed by atoms with E-state index in [2.05, 4.69) is 34.4 Å². The molecule has 2 aromatic heterocycles. The molecular weight excluding hydrogens is 348 g/mol.